The molecule has 1 aromatic carbocycles. The quantitative estimate of drug-likeness (QED) is 0.603. The Bertz CT molecular complexity index is 464. The third-order valence-electron chi connectivity index (χ3n) is 2.88. The topological polar surface area (TPSA) is 26.3 Å². The fraction of sp³-hybridized carbons (Fsp3) is 0.500. The van der Waals surface area contributed by atoms with E-state index in [-0.39, 0.29) is 18.8 Å². The van der Waals surface area contributed by atoms with Crippen LogP contribution in [0, 0.1) is 20.8 Å². The Balaban J connectivity index is 2.57. The summed E-state index contributed by atoms with van der Waals surface area (Å²) in [5, 5.41) is 0. The van der Waals surface area contributed by atoms with Crippen molar-refractivity contribution >= 4 is 5.78 Å². The first kappa shape index (κ1) is 15.7. The van der Waals surface area contributed by atoms with Crippen molar-refractivity contribution in [2.45, 2.75) is 33.4 Å². The number of hydrogen-bond donors (Lipinski definition) is 0. The van der Waals surface area contributed by atoms with Crippen molar-refractivity contribution < 1.29 is 22.7 Å². The van der Waals surface area contributed by atoms with Gasteiger partial charge in [-0.1, -0.05) is 6.07 Å². The van der Waals surface area contributed by atoms with Gasteiger partial charge in [-0.05, 0) is 43.5 Å². The molecule has 19 heavy (non-hydrogen) atoms. The van der Waals surface area contributed by atoms with Gasteiger partial charge in [0.15, 0.2) is 5.78 Å². The van der Waals surface area contributed by atoms with Crippen molar-refractivity contribution in [3.05, 3.63) is 34.4 Å². The van der Waals surface area contributed by atoms with E-state index in [1.165, 1.54) is 0 Å². The largest absolute Gasteiger partial charge is 0.411 e. The van der Waals surface area contributed by atoms with E-state index in [0.29, 0.717) is 5.56 Å². The second kappa shape index (κ2) is 6.19. The average molecular weight is 274 g/mol. The predicted molar refractivity (Wildman–Crippen MR) is 66.5 cm³/mol. The Morgan fingerprint density at radius 2 is 1.68 bits per heavy atom. The molecule has 0 saturated heterocycles. The van der Waals surface area contributed by atoms with Gasteiger partial charge in [-0.3, -0.25) is 4.79 Å². The van der Waals surface area contributed by atoms with Gasteiger partial charge in [0.25, 0.3) is 0 Å². The lowest BCUT2D eigenvalue weighted by Gasteiger charge is -2.10. The molecule has 0 atom stereocenters. The Morgan fingerprint density at radius 3 is 2.26 bits per heavy atom. The van der Waals surface area contributed by atoms with Crippen LogP contribution in [0.5, 0.6) is 0 Å². The summed E-state index contributed by atoms with van der Waals surface area (Å²) in [6.07, 6.45) is -4.39. The molecule has 5 heteroatoms. The van der Waals surface area contributed by atoms with Crippen LogP contribution >= 0.6 is 0 Å². The molecular weight excluding hydrogens is 257 g/mol. The molecule has 0 radical (unpaired) electrons. The van der Waals surface area contributed by atoms with E-state index < -0.39 is 12.8 Å². The van der Waals surface area contributed by atoms with Gasteiger partial charge in [-0.25, -0.2) is 0 Å². The minimum Gasteiger partial charge on any atom is -0.372 e. The lowest BCUT2D eigenvalue weighted by molar-refractivity contribution is -0.173. The highest BCUT2D eigenvalue weighted by Crippen LogP contribution is 2.18. The number of halogens is 3. The number of carbonyl (C=O) groups is 1. The molecular formula is C14H17F3O2. The highest BCUT2D eigenvalue weighted by molar-refractivity contribution is 5.97. The van der Waals surface area contributed by atoms with Crippen molar-refractivity contribution in [2.24, 2.45) is 0 Å². The second-order valence-electron chi connectivity index (χ2n) is 4.59. The molecule has 0 aliphatic heterocycles. The van der Waals surface area contributed by atoms with E-state index in [2.05, 4.69) is 4.74 Å². The monoisotopic (exact) mass is 274 g/mol. The average Bonchev–Trinajstić information content (AvgIpc) is 2.28. The first-order chi connectivity index (χ1) is 8.70. The van der Waals surface area contributed by atoms with E-state index in [1.54, 1.807) is 6.07 Å². The summed E-state index contributed by atoms with van der Waals surface area (Å²) in [6, 6.07) is 3.68. The molecule has 2 nitrogen and oxygen atoms in total. The SMILES string of the molecule is Cc1cc(C)c(C(=O)CCOCC(F)(F)F)cc1C. The summed E-state index contributed by atoms with van der Waals surface area (Å²) in [6.45, 7) is 4.13. The van der Waals surface area contributed by atoms with Crippen molar-refractivity contribution in [1.29, 1.82) is 0 Å². The highest BCUT2D eigenvalue weighted by atomic mass is 19.4. The lowest BCUT2D eigenvalue weighted by Crippen LogP contribution is -2.18. The molecule has 0 unspecified atom stereocenters. The number of ether oxygens (including phenoxy) is 1. The summed E-state index contributed by atoms with van der Waals surface area (Å²) in [4.78, 5) is 11.9. The Kier molecular flexibility index (Phi) is 5.11. The Labute approximate surface area is 110 Å². The van der Waals surface area contributed by atoms with Crippen LogP contribution in [0.25, 0.3) is 0 Å². The van der Waals surface area contributed by atoms with Crippen LogP contribution in [-0.4, -0.2) is 25.2 Å². The number of hydrogen-bond acceptors (Lipinski definition) is 2. The minimum absolute atomic E-state index is 0.0422. The molecule has 0 aromatic heterocycles. The van der Waals surface area contributed by atoms with Crippen LogP contribution in [0.4, 0.5) is 13.2 Å². The van der Waals surface area contributed by atoms with Crippen LogP contribution in [-0.2, 0) is 4.74 Å². The molecule has 0 spiro atoms. The third kappa shape index (κ3) is 5.03. The molecule has 0 aliphatic carbocycles. The predicted octanol–water partition coefficient (Wildman–Crippen LogP) is 3.76. The normalized spacial score (nSPS) is 11.7. The molecule has 0 heterocycles. The third-order valence-corrected chi connectivity index (χ3v) is 2.88. The molecule has 0 N–H and O–H groups in total. The minimum atomic E-state index is -4.35. The highest BCUT2D eigenvalue weighted by Gasteiger charge is 2.27. The number of Topliss-reactive ketones (excluding diaryl/α,β-unsaturated/α-hetero) is 1. The van der Waals surface area contributed by atoms with E-state index in [1.807, 2.05) is 26.8 Å². The molecule has 0 amide bonds. The van der Waals surface area contributed by atoms with Gasteiger partial charge in [-0.15, -0.1) is 0 Å². The van der Waals surface area contributed by atoms with E-state index >= 15 is 0 Å². The molecule has 0 bridgehead atoms. The standard InChI is InChI=1S/C14H17F3O2/c1-9-6-11(3)12(7-10(9)2)13(18)4-5-19-8-14(15,16)17/h6-7H,4-5,8H2,1-3H3. The van der Waals surface area contributed by atoms with E-state index in [0.717, 1.165) is 16.7 Å². The van der Waals surface area contributed by atoms with Crippen molar-refractivity contribution in [3.63, 3.8) is 0 Å². The smallest absolute Gasteiger partial charge is 0.372 e. The number of benzene rings is 1. The molecule has 1 rings (SSSR count). The summed E-state index contributed by atoms with van der Waals surface area (Å²) < 4.78 is 40.0. The van der Waals surface area contributed by atoms with E-state index in [4.69, 9.17) is 0 Å². The zero-order valence-electron chi connectivity index (χ0n) is 11.2. The zero-order chi connectivity index (χ0) is 14.6. The van der Waals surface area contributed by atoms with Crippen LogP contribution in [0.2, 0.25) is 0 Å². The van der Waals surface area contributed by atoms with Crippen LogP contribution in [0.3, 0.4) is 0 Å². The summed E-state index contributed by atoms with van der Waals surface area (Å²) in [5.74, 6) is -0.192. The first-order valence-electron chi connectivity index (χ1n) is 5.96. The number of ketones is 1. The summed E-state index contributed by atoms with van der Waals surface area (Å²) >= 11 is 0. The maximum Gasteiger partial charge on any atom is 0.411 e. The fourth-order valence-corrected chi connectivity index (χ4v) is 1.75. The lowest BCUT2D eigenvalue weighted by atomic mass is 9.97. The first-order valence-corrected chi connectivity index (χ1v) is 5.96. The Morgan fingerprint density at radius 1 is 1.11 bits per heavy atom. The van der Waals surface area contributed by atoms with Gasteiger partial charge in [0.1, 0.15) is 6.61 Å². The van der Waals surface area contributed by atoms with Gasteiger partial charge in [-0.2, -0.15) is 13.2 Å². The number of aryl methyl sites for hydroxylation is 3. The van der Waals surface area contributed by atoms with Crippen molar-refractivity contribution in [2.75, 3.05) is 13.2 Å². The molecule has 0 saturated carbocycles. The summed E-state index contributed by atoms with van der Waals surface area (Å²) in [5.41, 5.74) is 3.47. The molecule has 0 aliphatic rings. The van der Waals surface area contributed by atoms with Crippen LogP contribution in [0.15, 0.2) is 12.1 Å². The van der Waals surface area contributed by atoms with Crippen molar-refractivity contribution in [3.8, 4) is 0 Å². The Hall–Kier alpha value is -1.36. The zero-order valence-corrected chi connectivity index (χ0v) is 11.2. The van der Waals surface area contributed by atoms with Gasteiger partial charge in [0.2, 0.25) is 0 Å². The number of carbonyl (C=O) groups excluding carboxylic acids is 1. The molecule has 106 valence electrons. The maximum atomic E-state index is 11.9. The maximum absolute atomic E-state index is 11.9. The molecule has 1 aromatic rings. The summed E-state index contributed by atoms with van der Waals surface area (Å²) in [7, 11) is 0. The van der Waals surface area contributed by atoms with Crippen molar-refractivity contribution in [1.82, 2.24) is 0 Å². The van der Waals surface area contributed by atoms with Crippen LogP contribution in [0.1, 0.15) is 33.5 Å². The molecule has 0 fully saturated rings. The van der Waals surface area contributed by atoms with Gasteiger partial charge >= 0.3 is 6.18 Å². The number of rotatable bonds is 5. The van der Waals surface area contributed by atoms with Crippen LogP contribution < -0.4 is 0 Å². The number of alkyl halides is 3. The van der Waals surface area contributed by atoms with E-state index in [9.17, 15) is 18.0 Å². The van der Waals surface area contributed by atoms with Gasteiger partial charge in [0.05, 0.1) is 6.61 Å². The second-order valence-corrected chi connectivity index (χ2v) is 4.59. The fourth-order valence-electron chi connectivity index (χ4n) is 1.75. The van der Waals surface area contributed by atoms with Gasteiger partial charge < -0.3 is 4.74 Å². The van der Waals surface area contributed by atoms with Gasteiger partial charge in [0, 0.05) is 12.0 Å².